The van der Waals surface area contributed by atoms with Crippen molar-refractivity contribution in [3.63, 3.8) is 0 Å². The van der Waals surface area contributed by atoms with Gasteiger partial charge in [-0.2, -0.15) is 0 Å². The van der Waals surface area contributed by atoms with E-state index in [-0.39, 0.29) is 17.4 Å². The molecule has 1 aliphatic heterocycles. The number of carbonyl (C=O) groups is 1. The van der Waals surface area contributed by atoms with E-state index in [1.807, 2.05) is 13.1 Å². The Labute approximate surface area is 106 Å². The van der Waals surface area contributed by atoms with Gasteiger partial charge < -0.3 is 15.2 Å². The van der Waals surface area contributed by atoms with E-state index < -0.39 is 0 Å². The molecule has 1 amide bonds. The van der Waals surface area contributed by atoms with E-state index in [1.54, 1.807) is 17.7 Å². The summed E-state index contributed by atoms with van der Waals surface area (Å²) < 4.78 is 1.58. The molecule has 5 nitrogen and oxygen atoms in total. The fraction of sp³-hybridized carbons (Fsp3) is 0.538. The maximum Gasteiger partial charge on any atom is 0.252 e. The zero-order valence-corrected chi connectivity index (χ0v) is 10.8. The van der Waals surface area contributed by atoms with Gasteiger partial charge in [0.25, 0.3) is 5.56 Å². The summed E-state index contributed by atoms with van der Waals surface area (Å²) in [5.41, 5.74) is 7.36. The van der Waals surface area contributed by atoms with Crippen LogP contribution in [0.2, 0.25) is 0 Å². The molecule has 0 radical (unpaired) electrons. The van der Waals surface area contributed by atoms with Crippen LogP contribution >= 0.6 is 0 Å². The zero-order chi connectivity index (χ0) is 13.3. The van der Waals surface area contributed by atoms with Crippen LogP contribution in [0.3, 0.4) is 0 Å². The normalized spacial score (nSPS) is 16.9. The third-order valence-electron chi connectivity index (χ3n) is 3.64. The SMILES string of the molecule is Cc1cn(C)c(=O)cc1N1CCC(C(N)=O)CC1. The number of primary amides is 1. The highest BCUT2D eigenvalue weighted by Crippen LogP contribution is 2.24. The molecule has 18 heavy (non-hydrogen) atoms. The van der Waals surface area contributed by atoms with Crippen LogP contribution in [0.1, 0.15) is 18.4 Å². The Bertz CT molecular complexity index is 513. The Morgan fingerprint density at radius 1 is 1.39 bits per heavy atom. The topological polar surface area (TPSA) is 68.3 Å². The van der Waals surface area contributed by atoms with Gasteiger partial charge in [-0.25, -0.2) is 0 Å². The van der Waals surface area contributed by atoms with Gasteiger partial charge in [-0.3, -0.25) is 9.59 Å². The summed E-state index contributed by atoms with van der Waals surface area (Å²) >= 11 is 0. The molecular weight excluding hydrogens is 230 g/mol. The van der Waals surface area contributed by atoms with Crippen molar-refractivity contribution in [2.75, 3.05) is 18.0 Å². The van der Waals surface area contributed by atoms with Crippen LogP contribution in [0, 0.1) is 12.8 Å². The summed E-state index contributed by atoms with van der Waals surface area (Å²) in [5.74, 6) is -0.233. The number of amides is 1. The van der Waals surface area contributed by atoms with Gasteiger partial charge in [0.2, 0.25) is 5.91 Å². The Morgan fingerprint density at radius 2 is 2.00 bits per heavy atom. The van der Waals surface area contributed by atoms with Crippen LogP contribution in [0.4, 0.5) is 5.69 Å². The van der Waals surface area contributed by atoms with E-state index in [9.17, 15) is 9.59 Å². The van der Waals surface area contributed by atoms with Gasteiger partial charge in [0.15, 0.2) is 0 Å². The lowest BCUT2D eigenvalue weighted by Crippen LogP contribution is -2.39. The molecule has 0 saturated carbocycles. The first kappa shape index (κ1) is 12.7. The first-order chi connectivity index (χ1) is 8.49. The van der Waals surface area contributed by atoms with Gasteiger partial charge in [0, 0.05) is 44.0 Å². The smallest absolute Gasteiger partial charge is 0.252 e. The minimum Gasteiger partial charge on any atom is -0.371 e. The molecule has 0 unspecified atom stereocenters. The van der Waals surface area contributed by atoms with Crippen LogP contribution in [-0.4, -0.2) is 23.6 Å². The second-order valence-corrected chi connectivity index (χ2v) is 4.95. The third kappa shape index (κ3) is 2.39. The van der Waals surface area contributed by atoms with Crippen molar-refractivity contribution in [3.05, 3.63) is 28.2 Å². The summed E-state index contributed by atoms with van der Waals surface area (Å²) in [6.45, 7) is 3.55. The van der Waals surface area contributed by atoms with Crippen molar-refractivity contribution in [2.24, 2.45) is 18.7 Å². The summed E-state index contributed by atoms with van der Waals surface area (Å²) in [6, 6.07) is 1.67. The fourth-order valence-electron chi connectivity index (χ4n) is 2.50. The minimum atomic E-state index is -0.213. The van der Waals surface area contributed by atoms with Crippen molar-refractivity contribution in [3.8, 4) is 0 Å². The maximum atomic E-state index is 11.7. The second kappa shape index (κ2) is 4.84. The summed E-state index contributed by atoms with van der Waals surface area (Å²) in [4.78, 5) is 24.9. The summed E-state index contributed by atoms with van der Waals surface area (Å²) in [6.07, 6.45) is 3.38. The molecule has 0 aliphatic carbocycles. The molecule has 2 rings (SSSR count). The van der Waals surface area contributed by atoms with E-state index in [1.165, 1.54) is 0 Å². The number of aromatic nitrogens is 1. The minimum absolute atomic E-state index is 0.00683. The Hall–Kier alpha value is -1.78. The number of nitrogens with zero attached hydrogens (tertiary/aromatic N) is 2. The Morgan fingerprint density at radius 3 is 2.56 bits per heavy atom. The molecular formula is C13H19N3O2. The molecule has 5 heteroatoms. The monoisotopic (exact) mass is 249 g/mol. The van der Waals surface area contributed by atoms with E-state index in [4.69, 9.17) is 5.73 Å². The lowest BCUT2D eigenvalue weighted by molar-refractivity contribution is -0.122. The summed E-state index contributed by atoms with van der Waals surface area (Å²) in [5, 5.41) is 0. The van der Waals surface area contributed by atoms with Crippen LogP contribution in [0.15, 0.2) is 17.1 Å². The number of carbonyl (C=O) groups excluding carboxylic acids is 1. The highest BCUT2D eigenvalue weighted by atomic mass is 16.1. The molecule has 1 fully saturated rings. The van der Waals surface area contributed by atoms with Crippen molar-refractivity contribution in [1.29, 1.82) is 0 Å². The summed E-state index contributed by atoms with van der Waals surface area (Å²) in [7, 11) is 1.75. The molecule has 1 aromatic rings. The predicted octanol–water partition coefficient (Wildman–Crippen LogP) is 0.395. The molecule has 1 aromatic heterocycles. The van der Waals surface area contributed by atoms with E-state index in [2.05, 4.69) is 4.90 Å². The predicted molar refractivity (Wildman–Crippen MR) is 70.6 cm³/mol. The van der Waals surface area contributed by atoms with Crippen molar-refractivity contribution in [2.45, 2.75) is 19.8 Å². The standard InChI is InChI=1S/C13H19N3O2/c1-9-8-15(2)12(17)7-11(9)16-5-3-10(4-6-16)13(14)18/h7-8,10H,3-6H2,1-2H3,(H2,14,18). The van der Waals surface area contributed by atoms with E-state index in [0.29, 0.717) is 0 Å². The number of aryl methyl sites for hydroxylation is 2. The van der Waals surface area contributed by atoms with Gasteiger partial charge in [0.1, 0.15) is 0 Å². The van der Waals surface area contributed by atoms with Crippen molar-refractivity contribution < 1.29 is 4.79 Å². The molecule has 0 spiro atoms. The molecule has 0 bridgehead atoms. The van der Waals surface area contributed by atoms with E-state index in [0.717, 1.165) is 37.2 Å². The van der Waals surface area contributed by atoms with Gasteiger partial charge in [-0.1, -0.05) is 0 Å². The number of pyridine rings is 1. The highest BCUT2D eigenvalue weighted by molar-refractivity contribution is 5.77. The Kier molecular flexibility index (Phi) is 3.41. The lowest BCUT2D eigenvalue weighted by Gasteiger charge is -2.33. The van der Waals surface area contributed by atoms with Gasteiger partial charge in [0.05, 0.1) is 0 Å². The Balaban J connectivity index is 2.17. The molecule has 0 aromatic carbocycles. The van der Waals surface area contributed by atoms with E-state index >= 15 is 0 Å². The third-order valence-corrected chi connectivity index (χ3v) is 3.64. The fourth-order valence-corrected chi connectivity index (χ4v) is 2.50. The van der Waals surface area contributed by atoms with Gasteiger partial charge >= 0.3 is 0 Å². The van der Waals surface area contributed by atoms with Crippen LogP contribution in [0.25, 0.3) is 0 Å². The lowest BCUT2D eigenvalue weighted by atomic mass is 9.95. The number of rotatable bonds is 2. The quantitative estimate of drug-likeness (QED) is 0.824. The molecule has 1 aliphatic rings. The van der Waals surface area contributed by atoms with Gasteiger partial charge in [-0.15, -0.1) is 0 Å². The first-order valence-corrected chi connectivity index (χ1v) is 6.20. The number of hydrogen-bond donors (Lipinski definition) is 1. The number of anilines is 1. The molecule has 1 saturated heterocycles. The number of hydrogen-bond acceptors (Lipinski definition) is 3. The molecule has 98 valence electrons. The van der Waals surface area contributed by atoms with Crippen LogP contribution < -0.4 is 16.2 Å². The van der Waals surface area contributed by atoms with Crippen LogP contribution in [-0.2, 0) is 11.8 Å². The average Bonchev–Trinajstić information content (AvgIpc) is 2.34. The zero-order valence-electron chi connectivity index (χ0n) is 10.8. The van der Waals surface area contributed by atoms with Crippen LogP contribution in [0.5, 0.6) is 0 Å². The highest BCUT2D eigenvalue weighted by Gasteiger charge is 2.24. The second-order valence-electron chi connectivity index (χ2n) is 4.95. The van der Waals surface area contributed by atoms with Crippen molar-refractivity contribution in [1.82, 2.24) is 4.57 Å². The largest absolute Gasteiger partial charge is 0.371 e. The number of nitrogens with two attached hydrogens (primary N) is 1. The first-order valence-electron chi connectivity index (χ1n) is 6.20. The number of piperidine rings is 1. The van der Waals surface area contributed by atoms with Crippen molar-refractivity contribution >= 4 is 11.6 Å². The average molecular weight is 249 g/mol. The molecule has 0 atom stereocenters. The molecule has 2 heterocycles. The maximum absolute atomic E-state index is 11.7. The van der Waals surface area contributed by atoms with Gasteiger partial charge in [-0.05, 0) is 25.3 Å². The molecule has 2 N–H and O–H groups in total.